The summed E-state index contributed by atoms with van der Waals surface area (Å²) in [5.74, 6) is 0.729. The fraction of sp³-hybridized carbons (Fsp3) is 0.111. The van der Waals surface area contributed by atoms with E-state index in [0.29, 0.717) is 0 Å². The highest BCUT2D eigenvalue weighted by Crippen LogP contribution is 2.55. The van der Waals surface area contributed by atoms with Gasteiger partial charge in [-0.25, -0.2) is 9.97 Å². The molecular weight excluding hydrogens is 677 g/mol. The standard InChI is InChI=1S/C54H40N2/c1-53(2)46-27-13-12-22-39(46)41-24-15-26-44(51(41)53)49-32-48(33-16-6-5-7-17-33)55-52(56-49)43-29-28-38(36-20-10-11-21-37(36)43)40-23-14-25-42-45-30-34-18-8-9-19-35(34)31-47(45)54(3,4)50(40)42/h5-32H,1-4H3. The highest BCUT2D eigenvalue weighted by molar-refractivity contribution is 6.06. The maximum absolute atomic E-state index is 5.48. The molecule has 0 bridgehead atoms. The van der Waals surface area contributed by atoms with Crippen LogP contribution in [0, 0.1) is 0 Å². The van der Waals surface area contributed by atoms with Crippen LogP contribution in [0.5, 0.6) is 0 Å². The molecule has 56 heavy (non-hydrogen) atoms. The van der Waals surface area contributed by atoms with Crippen molar-refractivity contribution >= 4 is 21.5 Å². The summed E-state index contributed by atoms with van der Waals surface area (Å²) < 4.78 is 0. The van der Waals surface area contributed by atoms with E-state index in [2.05, 4.69) is 198 Å². The Morgan fingerprint density at radius 3 is 1.62 bits per heavy atom. The van der Waals surface area contributed by atoms with E-state index in [1.807, 2.05) is 0 Å². The minimum Gasteiger partial charge on any atom is -0.228 e. The van der Waals surface area contributed by atoms with E-state index in [0.717, 1.165) is 39.3 Å². The lowest BCUT2D eigenvalue weighted by Gasteiger charge is -2.25. The van der Waals surface area contributed by atoms with Crippen molar-refractivity contribution in [1.29, 1.82) is 0 Å². The molecule has 0 fully saturated rings. The zero-order valence-electron chi connectivity index (χ0n) is 32.1. The second-order valence-corrected chi connectivity index (χ2v) is 16.5. The minimum absolute atomic E-state index is 0.170. The minimum atomic E-state index is -0.176. The number of aromatic nitrogens is 2. The molecule has 11 rings (SSSR count). The summed E-state index contributed by atoms with van der Waals surface area (Å²) in [6.45, 7) is 9.46. The molecule has 0 N–H and O–H groups in total. The molecule has 2 aliphatic rings. The molecule has 2 nitrogen and oxygen atoms in total. The Bertz CT molecular complexity index is 3080. The van der Waals surface area contributed by atoms with E-state index < -0.39 is 0 Å². The molecule has 1 heterocycles. The van der Waals surface area contributed by atoms with E-state index in [9.17, 15) is 0 Å². The van der Waals surface area contributed by atoms with Gasteiger partial charge in [0.2, 0.25) is 0 Å². The predicted molar refractivity (Wildman–Crippen MR) is 234 cm³/mol. The molecule has 0 saturated heterocycles. The van der Waals surface area contributed by atoms with Crippen LogP contribution in [0.3, 0.4) is 0 Å². The van der Waals surface area contributed by atoms with E-state index in [-0.39, 0.29) is 10.8 Å². The first-order chi connectivity index (χ1) is 27.3. The first-order valence-electron chi connectivity index (χ1n) is 19.7. The highest BCUT2D eigenvalue weighted by Gasteiger charge is 2.39. The molecule has 8 aromatic carbocycles. The van der Waals surface area contributed by atoms with Gasteiger partial charge in [0, 0.05) is 27.5 Å². The largest absolute Gasteiger partial charge is 0.228 e. The SMILES string of the molecule is CC1(C)c2ccccc2-c2cccc(-c3cc(-c4ccccc4)nc(-c4ccc(-c5cccc6c5C(C)(C)c5cc7ccccc7cc5-6)c5ccccc45)n3)c21. The molecule has 266 valence electrons. The van der Waals surface area contributed by atoms with Crippen LogP contribution in [0.1, 0.15) is 49.9 Å². The monoisotopic (exact) mass is 716 g/mol. The predicted octanol–water partition coefficient (Wildman–Crippen LogP) is 14.1. The van der Waals surface area contributed by atoms with Gasteiger partial charge >= 0.3 is 0 Å². The van der Waals surface area contributed by atoms with Crippen LogP contribution in [0.15, 0.2) is 170 Å². The molecule has 0 spiro atoms. The van der Waals surface area contributed by atoms with Gasteiger partial charge in [0.15, 0.2) is 5.82 Å². The van der Waals surface area contributed by atoms with Gasteiger partial charge in [-0.3, -0.25) is 0 Å². The zero-order chi connectivity index (χ0) is 37.8. The summed E-state index contributed by atoms with van der Waals surface area (Å²) in [7, 11) is 0. The van der Waals surface area contributed by atoms with Crippen molar-refractivity contribution < 1.29 is 0 Å². The lowest BCUT2D eigenvalue weighted by molar-refractivity contribution is 0.662. The molecule has 0 unspecified atom stereocenters. The zero-order valence-corrected chi connectivity index (χ0v) is 32.1. The number of benzene rings is 8. The van der Waals surface area contributed by atoms with Gasteiger partial charge < -0.3 is 0 Å². The topological polar surface area (TPSA) is 25.8 Å². The Hall–Kier alpha value is -6.64. The number of nitrogens with zero attached hydrogens (tertiary/aromatic N) is 2. The molecule has 0 saturated carbocycles. The third kappa shape index (κ3) is 4.69. The molecule has 2 aliphatic carbocycles. The van der Waals surface area contributed by atoms with Gasteiger partial charge in [0.1, 0.15) is 0 Å². The normalized spacial score (nSPS) is 14.4. The third-order valence-electron chi connectivity index (χ3n) is 12.6. The lowest BCUT2D eigenvalue weighted by atomic mass is 9.78. The van der Waals surface area contributed by atoms with Gasteiger partial charge in [0.25, 0.3) is 0 Å². The Morgan fingerprint density at radius 1 is 0.339 bits per heavy atom. The first-order valence-corrected chi connectivity index (χ1v) is 19.7. The van der Waals surface area contributed by atoms with Crippen LogP contribution in [0.2, 0.25) is 0 Å². The molecule has 0 aliphatic heterocycles. The van der Waals surface area contributed by atoms with E-state index in [1.54, 1.807) is 0 Å². The highest BCUT2D eigenvalue weighted by atomic mass is 14.9. The first kappa shape index (κ1) is 32.8. The smallest absolute Gasteiger partial charge is 0.161 e. The Labute approximate surface area is 328 Å². The van der Waals surface area contributed by atoms with Gasteiger partial charge in [0.05, 0.1) is 11.4 Å². The van der Waals surface area contributed by atoms with Crippen molar-refractivity contribution in [2.45, 2.75) is 38.5 Å². The second-order valence-electron chi connectivity index (χ2n) is 16.5. The molecule has 9 aromatic rings. The number of fused-ring (bicyclic) bond motifs is 8. The number of hydrogen-bond donors (Lipinski definition) is 0. The van der Waals surface area contributed by atoms with Crippen molar-refractivity contribution in [2.24, 2.45) is 0 Å². The van der Waals surface area contributed by atoms with Crippen LogP contribution >= 0.6 is 0 Å². The Balaban J connectivity index is 1.12. The summed E-state index contributed by atoms with van der Waals surface area (Å²) in [6, 6.07) is 62.0. The number of rotatable bonds is 4. The average Bonchev–Trinajstić information content (AvgIpc) is 3.62. The van der Waals surface area contributed by atoms with Crippen molar-refractivity contribution in [2.75, 3.05) is 0 Å². The van der Waals surface area contributed by atoms with Crippen LogP contribution in [-0.2, 0) is 10.8 Å². The molecule has 0 atom stereocenters. The summed E-state index contributed by atoms with van der Waals surface area (Å²) in [5, 5.41) is 4.90. The molecular formula is C54H40N2. The molecule has 0 radical (unpaired) electrons. The molecule has 0 amide bonds. The van der Waals surface area contributed by atoms with Crippen molar-refractivity contribution in [3.8, 4) is 67.3 Å². The molecule has 1 aromatic heterocycles. The van der Waals surface area contributed by atoms with Crippen molar-refractivity contribution in [3.63, 3.8) is 0 Å². The maximum atomic E-state index is 5.48. The second kappa shape index (κ2) is 11.9. The van der Waals surface area contributed by atoms with Gasteiger partial charge in [-0.05, 0) is 101 Å². The van der Waals surface area contributed by atoms with Crippen LogP contribution in [0.25, 0.3) is 88.8 Å². The van der Waals surface area contributed by atoms with E-state index >= 15 is 0 Å². The van der Waals surface area contributed by atoms with Gasteiger partial charge in [-0.1, -0.05) is 173 Å². The summed E-state index contributed by atoms with van der Waals surface area (Å²) in [5.41, 5.74) is 18.0. The lowest BCUT2D eigenvalue weighted by Crippen LogP contribution is -2.16. The molecule has 2 heteroatoms. The van der Waals surface area contributed by atoms with Gasteiger partial charge in [-0.15, -0.1) is 0 Å². The van der Waals surface area contributed by atoms with Crippen molar-refractivity contribution in [3.05, 3.63) is 192 Å². The van der Waals surface area contributed by atoms with E-state index in [4.69, 9.17) is 9.97 Å². The number of hydrogen-bond acceptors (Lipinski definition) is 2. The van der Waals surface area contributed by atoms with Crippen LogP contribution in [-0.4, -0.2) is 9.97 Å². The van der Waals surface area contributed by atoms with Crippen LogP contribution < -0.4 is 0 Å². The maximum Gasteiger partial charge on any atom is 0.161 e. The van der Waals surface area contributed by atoms with Crippen LogP contribution in [0.4, 0.5) is 0 Å². The summed E-state index contributed by atoms with van der Waals surface area (Å²) in [4.78, 5) is 10.8. The van der Waals surface area contributed by atoms with Crippen molar-refractivity contribution in [1.82, 2.24) is 9.97 Å². The Kier molecular flexibility index (Phi) is 6.98. The Morgan fingerprint density at radius 2 is 0.857 bits per heavy atom. The fourth-order valence-electron chi connectivity index (χ4n) is 10.0. The van der Waals surface area contributed by atoms with E-state index in [1.165, 1.54) is 71.8 Å². The summed E-state index contributed by atoms with van der Waals surface area (Å²) in [6.07, 6.45) is 0. The fourth-order valence-corrected chi connectivity index (χ4v) is 10.0. The van der Waals surface area contributed by atoms with Gasteiger partial charge in [-0.2, -0.15) is 0 Å². The summed E-state index contributed by atoms with van der Waals surface area (Å²) >= 11 is 0. The average molecular weight is 717 g/mol. The quantitative estimate of drug-likeness (QED) is 0.181. The third-order valence-corrected chi connectivity index (χ3v) is 12.6.